The number of aliphatic hydroxyl groups excluding tert-OH is 2. The molecule has 6 atom stereocenters. The van der Waals surface area contributed by atoms with Gasteiger partial charge in [-0.1, -0.05) is 345 Å². The van der Waals surface area contributed by atoms with E-state index in [1.807, 2.05) is 0 Å². The number of hydrogen-bond donors (Lipinski definition) is 8. The summed E-state index contributed by atoms with van der Waals surface area (Å²) in [4.78, 5) is 72.3. The maximum absolute atomic E-state index is 13.1. The Morgan fingerprint density at radius 3 is 0.802 bits per heavy atom. The molecule has 0 fully saturated rings. The van der Waals surface area contributed by atoms with Crippen molar-refractivity contribution in [2.45, 2.75) is 399 Å². The van der Waals surface area contributed by atoms with E-state index >= 15 is 0 Å². The molecule has 18 nitrogen and oxygen atoms in total. The van der Waals surface area contributed by atoms with Gasteiger partial charge in [0, 0.05) is 50.3 Å². The van der Waals surface area contributed by atoms with Gasteiger partial charge < -0.3 is 41.3 Å². The molecular weight excluding hydrogens is 1290 g/mol. The van der Waals surface area contributed by atoms with Crippen LogP contribution in [0.25, 0.3) is 0 Å². The fourth-order valence-corrected chi connectivity index (χ4v) is 15.3. The van der Waals surface area contributed by atoms with Gasteiger partial charge in [0.15, 0.2) is 0 Å². The Balaban J connectivity index is 4.77. The van der Waals surface area contributed by atoms with Crippen molar-refractivity contribution in [2.75, 3.05) is 51.0 Å². The predicted octanol–water partition coefficient (Wildman–Crippen LogP) is 19.7. The van der Waals surface area contributed by atoms with Crippen LogP contribution in [0.5, 0.6) is 0 Å². The average Bonchev–Trinajstić information content (AvgIpc) is 1.39. The summed E-state index contributed by atoms with van der Waals surface area (Å²) < 4.78 is 46.8. The number of aliphatic hydroxyl groups is 2. The molecule has 2 unspecified atom stereocenters. The molecule has 0 heterocycles. The Morgan fingerprint density at radius 2 is 0.552 bits per heavy atom. The average molecular weight is 1440 g/mol. The van der Waals surface area contributed by atoms with E-state index in [4.69, 9.17) is 18.1 Å². The third-order valence-electron chi connectivity index (χ3n) is 17.9. The second kappa shape index (κ2) is 70.7. The maximum Gasteiger partial charge on any atom is 0.472 e. The highest BCUT2D eigenvalue weighted by molar-refractivity contribution is 8.76. The zero-order valence-electron chi connectivity index (χ0n) is 61.7. The summed E-state index contributed by atoms with van der Waals surface area (Å²) in [5.74, 6) is -0.171. The Kier molecular flexibility index (Phi) is 69.8. The number of amides is 4. The maximum atomic E-state index is 13.1. The minimum atomic E-state index is -4.60. The standard InChI is InChI=1S/C74H148N4O14P2S2/c1-5-9-13-17-21-25-29-31-35-37-41-45-49-53-69(79)67(77-73(83)55-51-47-43-39-33-27-23-19-15-11-7-3)65-91-93(85,86)89-61-59-75-71(81)57-63-95-96-64-58-72(82)76-60-62-90-94(87,88)92-66-68(78-74(84)56-52-48-44-40-34-28-24-20-16-12-8-4)70(80)54-50-46-42-38-36-32-30-26-22-18-14-10-6-2/h67-70,79-80H,5-66H2,1-4H3,(H,75,81)(H,76,82)(H,77,83)(H,78,84)(H,85,86)(H,87,88)/t67-,68-,69+,70+/m0/s1. The SMILES string of the molecule is CCCCCCCCCCCCCCC[C@@H](O)[C@H](COP(=O)(O)OCCNC(=O)CCSSCCC(=O)NCCOP(=O)(O)OC[C@H](NC(=O)CCCCCCCCCCCCC)[C@H](O)CCCCCCCCCCCCCCC)NC(=O)CCCCCCCCCCCCC. The van der Waals surface area contributed by atoms with E-state index in [9.17, 15) is 48.3 Å². The van der Waals surface area contributed by atoms with E-state index in [-0.39, 0.29) is 62.8 Å². The molecule has 0 saturated heterocycles. The quantitative estimate of drug-likeness (QED) is 0.0160. The van der Waals surface area contributed by atoms with Gasteiger partial charge in [0.2, 0.25) is 23.6 Å². The number of phosphoric acid groups is 2. The highest BCUT2D eigenvalue weighted by Crippen LogP contribution is 2.44. The Morgan fingerprint density at radius 1 is 0.323 bits per heavy atom. The van der Waals surface area contributed by atoms with Crippen LogP contribution in [0, 0.1) is 0 Å². The zero-order chi connectivity index (χ0) is 70.5. The molecule has 0 aromatic heterocycles. The first-order valence-electron chi connectivity index (χ1n) is 39.6. The van der Waals surface area contributed by atoms with Gasteiger partial charge in [0.1, 0.15) is 0 Å². The Hall–Kier alpha value is -1.28. The van der Waals surface area contributed by atoms with E-state index in [0.717, 1.165) is 103 Å². The van der Waals surface area contributed by atoms with Crippen LogP contribution in [-0.4, -0.2) is 119 Å². The molecule has 0 saturated carbocycles. The van der Waals surface area contributed by atoms with Gasteiger partial charge in [-0.05, 0) is 25.7 Å². The van der Waals surface area contributed by atoms with Gasteiger partial charge in [0.05, 0.1) is 50.7 Å². The molecule has 96 heavy (non-hydrogen) atoms. The van der Waals surface area contributed by atoms with Crippen LogP contribution in [0.4, 0.5) is 0 Å². The monoisotopic (exact) mass is 1440 g/mol. The lowest BCUT2D eigenvalue weighted by Crippen LogP contribution is -2.46. The lowest BCUT2D eigenvalue weighted by molar-refractivity contribution is -0.124. The number of carbonyl (C=O) groups excluding carboxylic acids is 4. The van der Waals surface area contributed by atoms with Gasteiger partial charge in [0.25, 0.3) is 0 Å². The highest BCUT2D eigenvalue weighted by atomic mass is 33.1. The highest BCUT2D eigenvalue weighted by Gasteiger charge is 2.30. The van der Waals surface area contributed by atoms with Crippen molar-refractivity contribution in [3.63, 3.8) is 0 Å². The molecule has 22 heteroatoms. The molecule has 0 aromatic rings. The molecule has 8 N–H and O–H groups in total. The summed E-state index contributed by atoms with van der Waals surface area (Å²) in [7, 11) is -6.38. The number of phosphoric ester groups is 2. The van der Waals surface area contributed by atoms with Crippen molar-refractivity contribution in [1.29, 1.82) is 0 Å². The summed E-state index contributed by atoms with van der Waals surface area (Å²) in [5, 5.41) is 33.5. The van der Waals surface area contributed by atoms with E-state index in [2.05, 4.69) is 49.0 Å². The van der Waals surface area contributed by atoms with Crippen LogP contribution in [0.1, 0.15) is 374 Å². The first-order chi connectivity index (χ1) is 46.6. The largest absolute Gasteiger partial charge is 0.472 e. The summed E-state index contributed by atoms with van der Waals surface area (Å²) in [6, 6.07) is -1.78. The number of nitrogens with one attached hydrogen (secondary N) is 4. The summed E-state index contributed by atoms with van der Waals surface area (Å²) in [6.45, 7) is 7.43. The number of hydrogen-bond acceptors (Lipinski definition) is 14. The minimum Gasteiger partial charge on any atom is -0.391 e. The number of carbonyl (C=O) groups is 4. The van der Waals surface area contributed by atoms with Crippen LogP contribution in [-0.2, 0) is 46.4 Å². The summed E-state index contributed by atoms with van der Waals surface area (Å²) in [5.41, 5.74) is 0. The minimum absolute atomic E-state index is 0.0476. The van der Waals surface area contributed by atoms with Crippen molar-refractivity contribution in [3.8, 4) is 0 Å². The normalized spacial score (nSPS) is 14.2. The molecular formula is C74H148N4O14P2S2. The van der Waals surface area contributed by atoms with Crippen molar-refractivity contribution < 1.29 is 66.4 Å². The fourth-order valence-electron chi connectivity index (χ4n) is 11.8. The second-order valence-electron chi connectivity index (χ2n) is 27.2. The third kappa shape index (κ3) is 67.2. The molecule has 0 aliphatic carbocycles. The molecule has 4 amide bonds. The fraction of sp³-hybridized carbons (Fsp3) is 0.946. The zero-order valence-corrected chi connectivity index (χ0v) is 65.2. The van der Waals surface area contributed by atoms with Gasteiger partial charge >= 0.3 is 15.6 Å². The van der Waals surface area contributed by atoms with Crippen molar-refractivity contribution in [2.24, 2.45) is 0 Å². The smallest absolute Gasteiger partial charge is 0.391 e. The topological polar surface area (TPSA) is 268 Å². The summed E-state index contributed by atoms with van der Waals surface area (Å²) >= 11 is 0. The predicted molar refractivity (Wildman–Crippen MR) is 402 cm³/mol. The van der Waals surface area contributed by atoms with Crippen molar-refractivity contribution >= 4 is 60.9 Å². The number of unbranched alkanes of at least 4 members (excludes halogenated alkanes) is 44. The van der Waals surface area contributed by atoms with Gasteiger partial charge in [-0.25, -0.2) is 9.13 Å². The van der Waals surface area contributed by atoms with E-state index in [1.165, 1.54) is 227 Å². The molecule has 0 bridgehead atoms. The van der Waals surface area contributed by atoms with Crippen LogP contribution >= 0.6 is 37.2 Å². The third-order valence-corrected chi connectivity index (χ3v) is 22.3. The second-order valence-corrected chi connectivity index (χ2v) is 32.8. The van der Waals surface area contributed by atoms with Crippen LogP contribution in [0.3, 0.4) is 0 Å². The molecule has 0 aliphatic heterocycles. The molecule has 0 aromatic carbocycles. The number of rotatable bonds is 77. The molecule has 0 spiro atoms. The lowest BCUT2D eigenvalue weighted by Gasteiger charge is -2.25. The van der Waals surface area contributed by atoms with Gasteiger partial charge in [-0.2, -0.15) is 0 Å². The molecule has 570 valence electrons. The first-order valence-corrected chi connectivity index (χ1v) is 45.0. The molecule has 0 aliphatic rings. The van der Waals surface area contributed by atoms with E-state index in [0.29, 0.717) is 37.2 Å². The van der Waals surface area contributed by atoms with Gasteiger partial charge in [-0.3, -0.25) is 37.3 Å². The summed E-state index contributed by atoms with van der Waals surface area (Å²) in [6.07, 6.45) is 56.6. The Bertz CT molecular complexity index is 1740. The molecule has 0 radical (unpaired) electrons. The molecule has 0 rings (SSSR count). The first kappa shape index (κ1) is 94.7. The van der Waals surface area contributed by atoms with Gasteiger partial charge in [-0.15, -0.1) is 0 Å². The van der Waals surface area contributed by atoms with Crippen LogP contribution < -0.4 is 21.3 Å². The van der Waals surface area contributed by atoms with Crippen molar-refractivity contribution in [3.05, 3.63) is 0 Å². The van der Waals surface area contributed by atoms with Crippen LogP contribution in [0.2, 0.25) is 0 Å². The Labute approximate surface area is 595 Å². The van der Waals surface area contributed by atoms with Crippen LogP contribution in [0.15, 0.2) is 0 Å². The lowest BCUT2D eigenvalue weighted by atomic mass is 10.0. The van der Waals surface area contributed by atoms with Crippen molar-refractivity contribution in [1.82, 2.24) is 21.3 Å². The van der Waals surface area contributed by atoms with E-state index in [1.54, 1.807) is 0 Å². The van der Waals surface area contributed by atoms with E-state index < -0.39 is 53.2 Å².